The van der Waals surface area contributed by atoms with Crippen LogP contribution in [0.3, 0.4) is 0 Å². The molecule has 0 amide bonds. The Labute approximate surface area is 133 Å². The Morgan fingerprint density at radius 2 is 1.76 bits per heavy atom. The van der Waals surface area contributed by atoms with E-state index in [-0.39, 0.29) is 5.54 Å². The van der Waals surface area contributed by atoms with Gasteiger partial charge in [-0.3, -0.25) is 4.90 Å². The number of hydrogen-bond donors (Lipinski definition) is 1. The molecule has 0 saturated carbocycles. The van der Waals surface area contributed by atoms with Gasteiger partial charge < -0.3 is 5.32 Å². The topological polar surface area (TPSA) is 15.3 Å². The molecular weight excluding hydrogens is 276 g/mol. The number of nitrogens with zero attached hydrogens (tertiary/aromatic N) is 1. The van der Waals surface area contributed by atoms with Gasteiger partial charge in [-0.1, -0.05) is 32.0 Å². The third kappa shape index (κ3) is 4.29. The fourth-order valence-corrected chi connectivity index (χ4v) is 3.64. The minimum absolute atomic E-state index is 0.155. The molecule has 0 aliphatic rings. The largest absolute Gasteiger partial charge is 0.307 e. The number of rotatable bonds is 6. The van der Waals surface area contributed by atoms with E-state index in [0.717, 1.165) is 26.2 Å². The summed E-state index contributed by atoms with van der Waals surface area (Å²) in [5, 5.41) is 5.07. The van der Waals surface area contributed by atoms with Crippen molar-refractivity contribution in [3.63, 3.8) is 0 Å². The molecule has 21 heavy (non-hydrogen) atoms. The summed E-state index contributed by atoms with van der Waals surface area (Å²) in [7, 11) is 0. The van der Waals surface area contributed by atoms with Crippen LogP contribution >= 0.6 is 11.3 Å². The Morgan fingerprint density at radius 1 is 1.10 bits per heavy atom. The molecule has 0 saturated heterocycles. The zero-order valence-corrected chi connectivity index (χ0v) is 14.8. The minimum Gasteiger partial charge on any atom is -0.307 e. The van der Waals surface area contributed by atoms with Crippen LogP contribution in [-0.4, -0.2) is 23.5 Å². The van der Waals surface area contributed by atoms with Crippen LogP contribution in [0.5, 0.6) is 0 Å². The molecule has 1 heterocycles. The Hall–Kier alpha value is -0.900. The maximum absolute atomic E-state index is 3.64. The van der Waals surface area contributed by atoms with E-state index in [9.17, 15) is 0 Å². The predicted octanol–water partition coefficient (Wildman–Crippen LogP) is 4.63. The highest BCUT2D eigenvalue weighted by molar-refractivity contribution is 7.19. The summed E-state index contributed by atoms with van der Waals surface area (Å²) >= 11 is 1.94. The summed E-state index contributed by atoms with van der Waals surface area (Å²) in [6.45, 7) is 15.4. The third-order valence-electron chi connectivity index (χ3n) is 3.84. The van der Waals surface area contributed by atoms with E-state index in [1.807, 2.05) is 11.3 Å². The first kappa shape index (κ1) is 16.5. The first-order valence-corrected chi connectivity index (χ1v) is 8.73. The van der Waals surface area contributed by atoms with Gasteiger partial charge >= 0.3 is 0 Å². The van der Waals surface area contributed by atoms with Crippen LogP contribution in [0.4, 0.5) is 0 Å². The Kier molecular flexibility index (Phi) is 5.42. The van der Waals surface area contributed by atoms with Crippen molar-refractivity contribution in [1.82, 2.24) is 10.2 Å². The van der Waals surface area contributed by atoms with Crippen LogP contribution in [0.15, 0.2) is 24.3 Å². The van der Waals surface area contributed by atoms with Gasteiger partial charge in [-0.15, -0.1) is 11.3 Å². The molecule has 0 radical (unpaired) electrons. The fourth-order valence-electron chi connectivity index (χ4n) is 2.48. The molecule has 1 aromatic carbocycles. The summed E-state index contributed by atoms with van der Waals surface area (Å²) < 4.78 is 1.41. The Bertz CT molecular complexity index is 576. The lowest BCUT2D eigenvalue weighted by Crippen LogP contribution is -2.35. The molecular formula is C18H28N2S. The first-order chi connectivity index (χ1) is 9.94. The molecule has 2 nitrogen and oxygen atoms in total. The van der Waals surface area contributed by atoms with Gasteiger partial charge in [0, 0.05) is 28.2 Å². The summed E-state index contributed by atoms with van der Waals surface area (Å²) in [5.74, 6) is 0. The molecule has 1 N–H and O–H groups in total. The highest BCUT2D eigenvalue weighted by atomic mass is 32.1. The van der Waals surface area contributed by atoms with Crippen LogP contribution in [0.25, 0.3) is 10.1 Å². The maximum atomic E-state index is 3.64. The smallest absolute Gasteiger partial charge is 0.0349 e. The highest BCUT2D eigenvalue weighted by Crippen LogP contribution is 2.32. The van der Waals surface area contributed by atoms with Gasteiger partial charge in [0.15, 0.2) is 0 Å². The standard InChI is InChI=1S/C18H28N2S/c1-6-20(7-2)13-15-14-10-8-9-11-16(14)21-17(15)12-19-18(3,4)5/h8-11,19H,6-7,12-13H2,1-5H3. The van der Waals surface area contributed by atoms with Crippen molar-refractivity contribution >= 4 is 21.4 Å². The monoisotopic (exact) mass is 304 g/mol. The average molecular weight is 305 g/mol. The minimum atomic E-state index is 0.155. The normalized spacial score (nSPS) is 12.5. The van der Waals surface area contributed by atoms with Gasteiger partial charge in [-0.2, -0.15) is 0 Å². The predicted molar refractivity (Wildman–Crippen MR) is 95.0 cm³/mol. The first-order valence-electron chi connectivity index (χ1n) is 7.91. The molecule has 116 valence electrons. The average Bonchev–Trinajstić information content (AvgIpc) is 2.79. The van der Waals surface area contributed by atoms with E-state index in [4.69, 9.17) is 0 Å². The molecule has 0 unspecified atom stereocenters. The molecule has 0 aliphatic carbocycles. The number of benzene rings is 1. The van der Waals surface area contributed by atoms with E-state index in [1.165, 1.54) is 20.5 Å². The molecule has 0 aliphatic heterocycles. The third-order valence-corrected chi connectivity index (χ3v) is 5.05. The molecule has 0 fully saturated rings. The lowest BCUT2D eigenvalue weighted by Gasteiger charge is -2.22. The second-order valence-electron chi connectivity index (χ2n) is 6.56. The van der Waals surface area contributed by atoms with Gasteiger partial charge in [-0.25, -0.2) is 0 Å². The van der Waals surface area contributed by atoms with Gasteiger partial charge in [-0.05, 0) is 50.9 Å². The van der Waals surface area contributed by atoms with Crippen LogP contribution in [0.1, 0.15) is 45.1 Å². The van der Waals surface area contributed by atoms with Crippen molar-refractivity contribution in [1.29, 1.82) is 0 Å². The Morgan fingerprint density at radius 3 is 2.38 bits per heavy atom. The second-order valence-corrected chi connectivity index (χ2v) is 7.70. The van der Waals surface area contributed by atoms with Gasteiger partial charge in [0.25, 0.3) is 0 Å². The van der Waals surface area contributed by atoms with Gasteiger partial charge in [0.1, 0.15) is 0 Å². The van der Waals surface area contributed by atoms with Crippen molar-refractivity contribution in [3.05, 3.63) is 34.7 Å². The van der Waals surface area contributed by atoms with E-state index in [0.29, 0.717) is 0 Å². The van der Waals surface area contributed by atoms with Gasteiger partial charge in [0.05, 0.1) is 0 Å². The summed E-state index contributed by atoms with van der Waals surface area (Å²) in [4.78, 5) is 3.98. The van der Waals surface area contributed by atoms with E-state index >= 15 is 0 Å². The summed E-state index contributed by atoms with van der Waals surface area (Å²) in [6, 6.07) is 8.81. The van der Waals surface area contributed by atoms with E-state index < -0.39 is 0 Å². The second kappa shape index (κ2) is 6.91. The lowest BCUT2D eigenvalue weighted by atomic mass is 10.1. The number of fused-ring (bicyclic) bond motifs is 1. The van der Waals surface area contributed by atoms with Crippen molar-refractivity contribution in [2.45, 2.75) is 53.2 Å². The number of nitrogens with one attached hydrogen (secondary N) is 1. The highest BCUT2D eigenvalue weighted by Gasteiger charge is 2.16. The zero-order valence-electron chi connectivity index (χ0n) is 14.0. The fraction of sp³-hybridized carbons (Fsp3) is 0.556. The van der Waals surface area contributed by atoms with Crippen LogP contribution in [0.2, 0.25) is 0 Å². The molecule has 2 aromatic rings. The van der Waals surface area contributed by atoms with Crippen molar-refractivity contribution in [2.75, 3.05) is 13.1 Å². The molecule has 0 atom stereocenters. The molecule has 1 aromatic heterocycles. The zero-order chi connectivity index (χ0) is 15.5. The quantitative estimate of drug-likeness (QED) is 0.837. The Balaban J connectivity index is 2.33. The van der Waals surface area contributed by atoms with E-state index in [1.54, 1.807) is 0 Å². The lowest BCUT2D eigenvalue weighted by molar-refractivity contribution is 0.296. The van der Waals surface area contributed by atoms with Crippen LogP contribution in [0, 0.1) is 0 Å². The van der Waals surface area contributed by atoms with Crippen LogP contribution in [-0.2, 0) is 13.1 Å². The van der Waals surface area contributed by atoms with Crippen molar-refractivity contribution in [2.24, 2.45) is 0 Å². The SMILES string of the molecule is CCN(CC)Cc1c(CNC(C)(C)C)sc2ccccc12. The summed E-state index contributed by atoms with van der Waals surface area (Å²) in [5.41, 5.74) is 1.67. The molecule has 3 heteroatoms. The summed E-state index contributed by atoms with van der Waals surface area (Å²) in [6.07, 6.45) is 0. The van der Waals surface area contributed by atoms with Crippen molar-refractivity contribution < 1.29 is 0 Å². The number of hydrogen-bond acceptors (Lipinski definition) is 3. The number of thiophene rings is 1. The van der Waals surface area contributed by atoms with E-state index in [2.05, 4.69) is 69.1 Å². The maximum Gasteiger partial charge on any atom is 0.0349 e. The molecule has 0 spiro atoms. The molecule has 0 bridgehead atoms. The van der Waals surface area contributed by atoms with Crippen molar-refractivity contribution in [3.8, 4) is 0 Å². The molecule has 2 rings (SSSR count). The van der Waals surface area contributed by atoms with Gasteiger partial charge in [0.2, 0.25) is 0 Å². The van der Waals surface area contributed by atoms with Crippen LogP contribution < -0.4 is 5.32 Å².